The lowest BCUT2D eigenvalue weighted by Crippen LogP contribution is -2.22. The van der Waals surface area contributed by atoms with E-state index in [-0.39, 0.29) is 23.7 Å². The summed E-state index contributed by atoms with van der Waals surface area (Å²) in [4.78, 5) is 23.2. The van der Waals surface area contributed by atoms with Gasteiger partial charge in [-0.3, -0.25) is 4.79 Å². The van der Waals surface area contributed by atoms with Crippen LogP contribution in [-0.4, -0.2) is 23.5 Å². The highest BCUT2D eigenvalue weighted by molar-refractivity contribution is 6.01. The standard InChI is InChI=1S/C19H16N2O3/c22-18(21-17-8-4-3-7-16(17)19(23)24)12-20-15-10-9-13-5-1-2-6-14(13)11-15/h1-11,20H,12H2,(H,21,22)(H,23,24). The van der Waals surface area contributed by atoms with Gasteiger partial charge in [0.25, 0.3) is 0 Å². The predicted molar refractivity (Wildman–Crippen MR) is 94.5 cm³/mol. The fraction of sp³-hybridized carbons (Fsp3) is 0.0526. The van der Waals surface area contributed by atoms with Crippen molar-refractivity contribution in [1.82, 2.24) is 0 Å². The molecule has 5 nitrogen and oxygen atoms in total. The Hall–Kier alpha value is -3.34. The van der Waals surface area contributed by atoms with Crippen molar-refractivity contribution in [3.05, 3.63) is 72.3 Å². The minimum atomic E-state index is -1.08. The van der Waals surface area contributed by atoms with E-state index in [2.05, 4.69) is 10.6 Å². The second-order valence-electron chi connectivity index (χ2n) is 5.31. The van der Waals surface area contributed by atoms with E-state index < -0.39 is 5.97 Å². The van der Waals surface area contributed by atoms with Crippen LogP contribution in [0.15, 0.2) is 66.7 Å². The lowest BCUT2D eigenvalue weighted by molar-refractivity contribution is -0.114. The fourth-order valence-electron chi connectivity index (χ4n) is 2.45. The molecule has 3 N–H and O–H groups in total. The fourth-order valence-corrected chi connectivity index (χ4v) is 2.45. The van der Waals surface area contributed by atoms with Crippen LogP contribution in [0.3, 0.4) is 0 Å². The number of para-hydroxylation sites is 1. The summed E-state index contributed by atoms with van der Waals surface area (Å²) in [7, 11) is 0. The molecule has 0 saturated carbocycles. The molecule has 0 saturated heterocycles. The predicted octanol–water partition coefficient (Wildman–Crippen LogP) is 3.59. The average molecular weight is 320 g/mol. The third-order valence-electron chi connectivity index (χ3n) is 3.63. The van der Waals surface area contributed by atoms with Gasteiger partial charge in [-0.05, 0) is 35.0 Å². The Kier molecular flexibility index (Phi) is 4.43. The molecular formula is C19H16N2O3. The van der Waals surface area contributed by atoms with Gasteiger partial charge in [0.05, 0.1) is 17.8 Å². The van der Waals surface area contributed by atoms with Gasteiger partial charge in [-0.2, -0.15) is 0 Å². The van der Waals surface area contributed by atoms with Crippen LogP contribution in [0.5, 0.6) is 0 Å². The van der Waals surface area contributed by atoms with Gasteiger partial charge in [0.2, 0.25) is 5.91 Å². The summed E-state index contributed by atoms with van der Waals surface area (Å²) < 4.78 is 0. The molecular weight excluding hydrogens is 304 g/mol. The molecule has 0 heterocycles. The molecule has 0 bridgehead atoms. The number of amides is 1. The monoisotopic (exact) mass is 320 g/mol. The maximum absolute atomic E-state index is 12.1. The summed E-state index contributed by atoms with van der Waals surface area (Å²) in [6.45, 7) is 0.0479. The van der Waals surface area contributed by atoms with Crippen molar-refractivity contribution in [1.29, 1.82) is 0 Å². The molecule has 24 heavy (non-hydrogen) atoms. The molecule has 0 unspecified atom stereocenters. The molecule has 0 aliphatic heterocycles. The van der Waals surface area contributed by atoms with Gasteiger partial charge in [0.1, 0.15) is 0 Å². The molecule has 0 atom stereocenters. The number of benzene rings is 3. The number of fused-ring (bicyclic) bond motifs is 1. The number of nitrogens with one attached hydrogen (secondary N) is 2. The first kappa shape index (κ1) is 15.6. The molecule has 120 valence electrons. The van der Waals surface area contributed by atoms with E-state index >= 15 is 0 Å². The lowest BCUT2D eigenvalue weighted by Gasteiger charge is -2.10. The van der Waals surface area contributed by atoms with E-state index in [1.807, 2.05) is 42.5 Å². The number of carboxylic acid groups (broad SMARTS) is 1. The normalized spacial score (nSPS) is 10.3. The molecule has 0 fully saturated rings. The summed E-state index contributed by atoms with van der Waals surface area (Å²) in [6, 6.07) is 20.1. The molecule has 0 radical (unpaired) electrons. The van der Waals surface area contributed by atoms with E-state index in [0.717, 1.165) is 16.5 Å². The number of hydrogen-bond acceptors (Lipinski definition) is 3. The topological polar surface area (TPSA) is 78.4 Å². The van der Waals surface area contributed by atoms with E-state index in [1.54, 1.807) is 18.2 Å². The van der Waals surface area contributed by atoms with Gasteiger partial charge in [-0.1, -0.05) is 42.5 Å². The Morgan fingerprint density at radius 2 is 1.58 bits per heavy atom. The third-order valence-corrected chi connectivity index (χ3v) is 3.63. The number of anilines is 2. The molecule has 0 spiro atoms. The molecule has 5 heteroatoms. The van der Waals surface area contributed by atoms with Crippen molar-refractivity contribution in [3.8, 4) is 0 Å². The highest BCUT2D eigenvalue weighted by Gasteiger charge is 2.11. The Morgan fingerprint density at radius 1 is 0.875 bits per heavy atom. The Morgan fingerprint density at radius 3 is 2.38 bits per heavy atom. The molecule has 3 aromatic rings. The largest absolute Gasteiger partial charge is 0.478 e. The number of carbonyl (C=O) groups excluding carboxylic acids is 1. The van der Waals surface area contributed by atoms with Crippen LogP contribution in [-0.2, 0) is 4.79 Å². The summed E-state index contributed by atoms with van der Waals surface area (Å²) in [5, 5.41) is 17.0. The van der Waals surface area contributed by atoms with E-state index in [4.69, 9.17) is 5.11 Å². The molecule has 3 aromatic carbocycles. The highest BCUT2D eigenvalue weighted by atomic mass is 16.4. The number of hydrogen-bond donors (Lipinski definition) is 3. The lowest BCUT2D eigenvalue weighted by atomic mass is 10.1. The van der Waals surface area contributed by atoms with Crippen LogP contribution < -0.4 is 10.6 Å². The van der Waals surface area contributed by atoms with Crippen LogP contribution in [0.2, 0.25) is 0 Å². The molecule has 0 aromatic heterocycles. The maximum atomic E-state index is 12.1. The molecule has 1 amide bonds. The van der Waals surface area contributed by atoms with Crippen LogP contribution >= 0.6 is 0 Å². The SMILES string of the molecule is O=C(CNc1ccc2ccccc2c1)Nc1ccccc1C(=O)O. The zero-order chi connectivity index (χ0) is 16.9. The first-order valence-corrected chi connectivity index (χ1v) is 7.48. The summed E-state index contributed by atoms with van der Waals surface area (Å²) in [6.07, 6.45) is 0. The van der Waals surface area contributed by atoms with Gasteiger partial charge in [-0.25, -0.2) is 4.79 Å². The minimum absolute atomic E-state index is 0.0479. The van der Waals surface area contributed by atoms with Crippen molar-refractivity contribution in [2.75, 3.05) is 17.2 Å². The first-order valence-electron chi connectivity index (χ1n) is 7.48. The maximum Gasteiger partial charge on any atom is 0.337 e. The van der Waals surface area contributed by atoms with Crippen molar-refractivity contribution in [3.63, 3.8) is 0 Å². The first-order chi connectivity index (χ1) is 11.6. The minimum Gasteiger partial charge on any atom is -0.478 e. The van der Waals surface area contributed by atoms with Crippen molar-refractivity contribution in [2.24, 2.45) is 0 Å². The van der Waals surface area contributed by atoms with Gasteiger partial charge in [-0.15, -0.1) is 0 Å². The Labute approximate surface area is 138 Å². The number of carbonyl (C=O) groups is 2. The van der Waals surface area contributed by atoms with E-state index in [9.17, 15) is 9.59 Å². The van der Waals surface area contributed by atoms with Crippen molar-refractivity contribution >= 4 is 34.0 Å². The number of aromatic carboxylic acids is 1. The van der Waals surface area contributed by atoms with Gasteiger partial charge < -0.3 is 15.7 Å². The molecule has 0 aliphatic rings. The number of carboxylic acids is 1. The summed E-state index contributed by atoms with van der Waals surface area (Å²) >= 11 is 0. The van der Waals surface area contributed by atoms with Gasteiger partial charge >= 0.3 is 5.97 Å². The Bertz CT molecular complexity index is 906. The number of rotatable bonds is 5. The zero-order valence-electron chi connectivity index (χ0n) is 12.8. The van der Waals surface area contributed by atoms with Crippen LogP contribution in [0.25, 0.3) is 10.8 Å². The second kappa shape index (κ2) is 6.83. The second-order valence-corrected chi connectivity index (χ2v) is 5.31. The third kappa shape index (κ3) is 3.52. The van der Waals surface area contributed by atoms with Crippen LogP contribution in [0, 0.1) is 0 Å². The van der Waals surface area contributed by atoms with Gasteiger partial charge in [0.15, 0.2) is 0 Å². The molecule has 3 rings (SSSR count). The van der Waals surface area contributed by atoms with Crippen LogP contribution in [0.4, 0.5) is 11.4 Å². The quantitative estimate of drug-likeness (QED) is 0.671. The van der Waals surface area contributed by atoms with Gasteiger partial charge in [0, 0.05) is 5.69 Å². The van der Waals surface area contributed by atoms with Crippen molar-refractivity contribution in [2.45, 2.75) is 0 Å². The summed E-state index contributed by atoms with van der Waals surface area (Å²) in [5.74, 6) is -1.38. The smallest absolute Gasteiger partial charge is 0.337 e. The zero-order valence-corrected chi connectivity index (χ0v) is 12.8. The average Bonchev–Trinajstić information content (AvgIpc) is 2.60. The highest BCUT2D eigenvalue weighted by Crippen LogP contribution is 2.19. The Balaban J connectivity index is 1.66. The van der Waals surface area contributed by atoms with Crippen LogP contribution in [0.1, 0.15) is 10.4 Å². The van der Waals surface area contributed by atoms with E-state index in [0.29, 0.717) is 0 Å². The molecule has 0 aliphatic carbocycles. The van der Waals surface area contributed by atoms with E-state index in [1.165, 1.54) is 6.07 Å². The van der Waals surface area contributed by atoms with Crippen molar-refractivity contribution < 1.29 is 14.7 Å². The summed E-state index contributed by atoms with van der Waals surface area (Å²) in [5.41, 5.74) is 1.18.